The number of rotatable bonds is 4. The van der Waals surface area contributed by atoms with Crippen LogP contribution in [0.3, 0.4) is 0 Å². The molecule has 6 heteroatoms. The Hall–Kier alpha value is -2.24. The van der Waals surface area contributed by atoms with Gasteiger partial charge in [-0.3, -0.25) is 4.79 Å². The van der Waals surface area contributed by atoms with Gasteiger partial charge >= 0.3 is 6.03 Å². The number of anilines is 2. The molecule has 0 spiro atoms. The summed E-state index contributed by atoms with van der Waals surface area (Å²) in [6.07, 6.45) is 2.07. The molecule has 2 rings (SSSR count). The van der Waals surface area contributed by atoms with Crippen LogP contribution in [0.4, 0.5) is 16.2 Å². The molecule has 0 atom stereocenters. The summed E-state index contributed by atoms with van der Waals surface area (Å²) in [7, 11) is 3.78. The summed E-state index contributed by atoms with van der Waals surface area (Å²) in [5, 5.41) is 8.61. The molecule has 23 heavy (non-hydrogen) atoms. The third-order valence-electron chi connectivity index (χ3n) is 3.38. The Morgan fingerprint density at radius 2 is 1.83 bits per heavy atom. The van der Waals surface area contributed by atoms with E-state index in [-0.39, 0.29) is 17.5 Å². The molecule has 126 valence electrons. The van der Waals surface area contributed by atoms with Gasteiger partial charge in [-0.05, 0) is 51.8 Å². The quantitative estimate of drug-likeness (QED) is 0.799. The number of urea groups is 1. The highest BCUT2D eigenvalue weighted by atomic mass is 16.2. The van der Waals surface area contributed by atoms with E-state index in [9.17, 15) is 9.59 Å². The fourth-order valence-corrected chi connectivity index (χ4v) is 2.18. The first-order chi connectivity index (χ1) is 10.7. The average molecular weight is 318 g/mol. The number of amides is 3. The molecular formula is C17H26N4O2. The van der Waals surface area contributed by atoms with Crippen LogP contribution >= 0.6 is 0 Å². The molecule has 0 radical (unpaired) electrons. The van der Waals surface area contributed by atoms with Gasteiger partial charge in [0.1, 0.15) is 0 Å². The van der Waals surface area contributed by atoms with Gasteiger partial charge in [-0.1, -0.05) is 0 Å². The van der Waals surface area contributed by atoms with E-state index in [2.05, 4.69) is 16.0 Å². The van der Waals surface area contributed by atoms with Crippen LogP contribution in [0.1, 0.15) is 44.0 Å². The molecule has 6 nitrogen and oxygen atoms in total. The van der Waals surface area contributed by atoms with E-state index in [0.717, 1.165) is 18.5 Å². The molecule has 1 aromatic rings. The van der Waals surface area contributed by atoms with E-state index >= 15 is 0 Å². The molecule has 3 N–H and O–H groups in total. The van der Waals surface area contributed by atoms with Gasteiger partial charge in [-0.2, -0.15) is 0 Å². The van der Waals surface area contributed by atoms with Crippen molar-refractivity contribution in [1.29, 1.82) is 0 Å². The van der Waals surface area contributed by atoms with Crippen LogP contribution in [0, 0.1) is 0 Å². The molecule has 0 saturated heterocycles. The second kappa shape index (κ2) is 6.48. The van der Waals surface area contributed by atoms with Gasteiger partial charge in [-0.25, -0.2) is 4.79 Å². The zero-order valence-electron chi connectivity index (χ0n) is 14.5. The number of carbonyl (C=O) groups excluding carboxylic acids is 2. The molecular weight excluding hydrogens is 292 g/mol. The van der Waals surface area contributed by atoms with Crippen LogP contribution in [-0.4, -0.2) is 37.6 Å². The van der Waals surface area contributed by atoms with Crippen LogP contribution in [0.5, 0.6) is 0 Å². The topological polar surface area (TPSA) is 73.5 Å². The van der Waals surface area contributed by atoms with Crippen molar-refractivity contribution in [1.82, 2.24) is 10.6 Å². The number of benzene rings is 1. The lowest BCUT2D eigenvalue weighted by atomic mass is 10.1. The van der Waals surface area contributed by atoms with Gasteiger partial charge in [0.2, 0.25) is 0 Å². The Labute approximate surface area is 137 Å². The second-order valence-corrected chi connectivity index (χ2v) is 7.20. The molecule has 1 fully saturated rings. The van der Waals surface area contributed by atoms with Gasteiger partial charge in [0.05, 0.1) is 5.56 Å². The largest absolute Gasteiger partial charge is 0.377 e. The first-order valence-corrected chi connectivity index (χ1v) is 7.87. The number of nitrogens with one attached hydrogen (secondary N) is 3. The zero-order chi connectivity index (χ0) is 17.2. The van der Waals surface area contributed by atoms with Crippen LogP contribution in [0.2, 0.25) is 0 Å². The van der Waals surface area contributed by atoms with Gasteiger partial charge < -0.3 is 20.9 Å². The average Bonchev–Trinajstić information content (AvgIpc) is 3.19. The molecule has 1 aliphatic rings. The van der Waals surface area contributed by atoms with Crippen molar-refractivity contribution in [3.63, 3.8) is 0 Å². The maximum atomic E-state index is 12.4. The lowest BCUT2D eigenvalue weighted by Crippen LogP contribution is -2.43. The maximum Gasteiger partial charge on any atom is 0.319 e. The summed E-state index contributed by atoms with van der Waals surface area (Å²) in [6, 6.07) is 5.36. The Kier molecular flexibility index (Phi) is 4.82. The summed E-state index contributed by atoms with van der Waals surface area (Å²) in [6.45, 7) is 5.74. The van der Waals surface area contributed by atoms with E-state index in [1.165, 1.54) is 0 Å². The van der Waals surface area contributed by atoms with Gasteiger partial charge in [-0.15, -0.1) is 0 Å². The molecule has 0 aliphatic heterocycles. The Morgan fingerprint density at radius 1 is 1.17 bits per heavy atom. The first kappa shape index (κ1) is 17.1. The van der Waals surface area contributed by atoms with Crippen LogP contribution in [0.25, 0.3) is 0 Å². The van der Waals surface area contributed by atoms with Crippen molar-refractivity contribution in [3.8, 4) is 0 Å². The summed E-state index contributed by atoms with van der Waals surface area (Å²) >= 11 is 0. The lowest BCUT2D eigenvalue weighted by Gasteiger charge is -2.22. The molecule has 0 bridgehead atoms. The van der Waals surface area contributed by atoms with Crippen molar-refractivity contribution in [2.75, 3.05) is 24.3 Å². The minimum Gasteiger partial charge on any atom is -0.377 e. The molecule has 1 aromatic carbocycles. The molecule has 1 aliphatic carbocycles. The predicted octanol–water partition coefficient (Wildman–Crippen LogP) is 2.56. The molecule has 0 aromatic heterocycles. The second-order valence-electron chi connectivity index (χ2n) is 7.20. The molecule has 3 amide bonds. The van der Waals surface area contributed by atoms with E-state index in [0.29, 0.717) is 17.3 Å². The summed E-state index contributed by atoms with van der Waals surface area (Å²) in [4.78, 5) is 26.3. The lowest BCUT2D eigenvalue weighted by molar-refractivity contribution is 0.0951. The number of hydrogen-bond donors (Lipinski definition) is 3. The van der Waals surface area contributed by atoms with E-state index < -0.39 is 0 Å². The highest BCUT2D eigenvalue weighted by Crippen LogP contribution is 2.25. The normalized spacial score (nSPS) is 14.1. The van der Waals surface area contributed by atoms with Crippen molar-refractivity contribution in [3.05, 3.63) is 23.8 Å². The van der Waals surface area contributed by atoms with E-state index in [4.69, 9.17) is 0 Å². The fourth-order valence-electron chi connectivity index (χ4n) is 2.18. The monoisotopic (exact) mass is 318 g/mol. The van der Waals surface area contributed by atoms with Crippen molar-refractivity contribution < 1.29 is 9.59 Å². The van der Waals surface area contributed by atoms with Gasteiger partial charge in [0.25, 0.3) is 5.91 Å². The summed E-state index contributed by atoms with van der Waals surface area (Å²) in [5.41, 5.74) is 1.67. The standard InChI is InChI=1S/C17H26N4O2/c1-17(2,3)20-16(23)19-12-8-9-14(21(4)5)13(10-12)15(22)18-11-6-7-11/h8-11H,6-7H2,1-5H3,(H,18,22)(H2,19,20,23). The van der Waals surface area contributed by atoms with Crippen molar-refractivity contribution >= 4 is 23.3 Å². The van der Waals surface area contributed by atoms with Crippen LogP contribution < -0.4 is 20.9 Å². The summed E-state index contributed by atoms with van der Waals surface area (Å²) < 4.78 is 0. The molecule has 1 saturated carbocycles. The molecule has 0 heterocycles. The minimum absolute atomic E-state index is 0.101. The summed E-state index contributed by atoms with van der Waals surface area (Å²) in [5.74, 6) is -0.101. The Balaban J connectivity index is 2.18. The van der Waals surface area contributed by atoms with Gasteiger partial charge in [0.15, 0.2) is 0 Å². The van der Waals surface area contributed by atoms with Crippen LogP contribution in [-0.2, 0) is 0 Å². The zero-order valence-corrected chi connectivity index (χ0v) is 14.5. The minimum atomic E-state index is -0.320. The van der Waals surface area contributed by atoms with Crippen molar-refractivity contribution in [2.45, 2.75) is 45.2 Å². The number of hydrogen-bond acceptors (Lipinski definition) is 3. The Morgan fingerprint density at radius 3 is 2.35 bits per heavy atom. The highest BCUT2D eigenvalue weighted by Gasteiger charge is 2.25. The van der Waals surface area contributed by atoms with E-state index in [1.54, 1.807) is 12.1 Å². The number of nitrogens with zero attached hydrogens (tertiary/aromatic N) is 1. The smallest absolute Gasteiger partial charge is 0.319 e. The highest BCUT2D eigenvalue weighted by molar-refractivity contribution is 6.02. The third kappa shape index (κ3) is 5.16. The SMILES string of the molecule is CN(C)c1ccc(NC(=O)NC(C)(C)C)cc1C(=O)NC1CC1. The van der Waals surface area contributed by atoms with E-state index in [1.807, 2.05) is 45.8 Å². The maximum absolute atomic E-state index is 12.4. The van der Waals surface area contributed by atoms with Crippen LogP contribution in [0.15, 0.2) is 18.2 Å². The third-order valence-corrected chi connectivity index (χ3v) is 3.38. The predicted molar refractivity (Wildman–Crippen MR) is 93.2 cm³/mol. The Bertz CT molecular complexity index is 601. The first-order valence-electron chi connectivity index (χ1n) is 7.87. The number of carbonyl (C=O) groups is 2. The van der Waals surface area contributed by atoms with Gasteiger partial charge in [0, 0.05) is 37.1 Å². The van der Waals surface area contributed by atoms with Crippen molar-refractivity contribution in [2.24, 2.45) is 0 Å². The fraction of sp³-hybridized carbons (Fsp3) is 0.529. The molecule has 0 unspecified atom stereocenters.